The monoisotopic (exact) mass is 422 g/mol. The quantitative estimate of drug-likeness (QED) is 0.751. The van der Waals surface area contributed by atoms with E-state index >= 15 is 0 Å². The number of halogens is 1. The van der Waals surface area contributed by atoms with E-state index in [-0.39, 0.29) is 17.1 Å². The van der Waals surface area contributed by atoms with Crippen molar-refractivity contribution in [2.24, 2.45) is 24.8 Å². The van der Waals surface area contributed by atoms with Crippen molar-refractivity contribution >= 4 is 11.6 Å². The zero-order chi connectivity index (χ0) is 21.2. The first kappa shape index (κ1) is 19.3. The van der Waals surface area contributed by atoms with Crippen LogP contribution in [0.2, 0.25) is 0 Å². The van der Waals surface area contributed by atoms with Crippen LogP contribution in [0.15, 0.2) is 30.3 Å². The summed E-state index contributed by atoms with van der Waals surface area (Å²) in [5.74, 6) is 2.44. The fourth-order valence-corrected chi connectivity index (χ4v) is 7.37. The van der Waals surface area contributed by atoms with Gasteiger partial charge in [-0.1, -0.05) is 12.1 Å². The zero-order valence-corrected chi connectivity index (χ0v) is 18.3. The lowest BCUT2D eigenvalue weighted by molar-refractivity contribution is -0.00742. The number of aromatic nitrogens is 2. The van der Waals surface area contributed by atoms with Gasteiger partial charge in [-0.15, -0.1) is 0 Å². The number of nitrogens with zero attached hydrogens (tertiary/aromatic N) is 4. The standard InChI is InChI=1S/C25H31FN4O/c1-28-22(13-23(27-28)25-14-17-10-18(15-25)12-19(11-17)16-25)24(31)30-8-6-29(7-9-30)21-5-3-2-4-20(21)26/h2-5,13,17-19H,6-12,14-16H2,1H3. The summed E-state index contributed by atoms with van der Waals surface area (Å²) in [6, 6.07) is 8.97. The van der Waals surface area contributed by atoms with Crippen LogP contribution in [0.1, 0.15) is 54.7 Å². The summed E-state index contributed by atoms with van der Waals surface area (Å²) in [7, 11) is 1.91. The molecule has 5 nitrogen and oxygen atoms in total. The van der Waals surface area contributed by atoms with Gasteiger partial charge >= 0.3 is 0 Å². The average Bonchev–Trinajstić information content (AvgIpc) is 3.15. The van der Waals surface area contributed by atoms with Gasteiger partial charge < -0.3 is 9.80 Å². The van der Waals surface area contributed by atoms with Crippen molar-refractivity contribution in [3.8, 4) is 0 Å². The molecule has 1 aromatic heterocycles. The van der Waals surface area contributed by atoms with E-state index in [0.717, 1.165) is 23.4 Å². The zero-order valence-electron chi connectivity index (χ0n) is 18.3. The molecular weight excluding hydrogens is 391 g/mol. The number of para-hydroxylation sites is 1. The summed E-state index contributed by atoms with van der Waals surface area (Å²) in [5, 5.41) is 4.90. The minimum atomic E-state index is -0.200. The van der Waals surface area contributed by atoms with Crippen LogP contribution < -0.4 is 4.90 Å². The molecule has 0 N–H and O–H groups in total. The Morgan fingerprint density at radius 2 is 1.61 bits per heavy atom. The molecule has 31 heavy (non-hydrogen) atoms. The highest BCUT2D eigenvalue weighted by molar-refractivity contribution is 5.93. The first-order chi connectivity index (χ1) is 15.0. The first-order valence-corrected chi connectivity index (χ1v) is 11.8. The number of rotatable bonds is 3. The second kappa shape index (κ2) is 7.07. The largest absolute Gasteiger partial charge is 0.366 e. The Hall–Kier alpha value is -2.37. The molecule has 1 amide bonds. The van der Waals surface area contributed by atoms with Crippen molar-refractivity contribution in [3.63, 3.8) is 0 Å². The number of amides is 1. The lowest BCUT2D eigenvalue weighted by Gasteiger charge is -2.56. The Bertz CT molecular complexity index is 971. The van der Waals surface area contributed by atoms with Gasteiger partial charge in [-0.3, -0.25) is 9.48 Å². The molecular formula is C25H31FN4O. The van der Waals surface area contributed by atoms with E-state index in [4.69, 9.17) is 5.10 Å². The minimum Gasteiger partial charge on any atom is -0.366 e. The van der Waals surface area contributed by atoms with Crippen LogP contribution in [0.5, 0.6) is 0 Å². The summed E-state index contributed by atoms with van der Waals surface area (Å²) in [6.45, 7) is 2.49. The Labute approximate surface area is 183 Å². The molecule has 7 rings (SSSR count). The normalized spacial score (nSPS) is 32.0. The summed E-state index contributed by atoms with van der Waals surface area (Å²) < 4.78 is 15.9. The van der Waals surface area contributed by atoms with Crippen LogP contribution in [0.3, 0.4) is 0 Å². The SMILES string of the molecule is Cn1nc(C23CC4CC(CC(C4)C2)C3)cc1C(=O)N1CCN(c2ccccc2F)CC1. The fraction of sp³-hybridized carbons (Fsp3) is 0.600. The lowest BCUT2D eigenvalue weighted by Crippen LogP contribution is -2.49. The lowest BCUT2D eigenvalue weighted by atomic mass is 9.49. The second-order valence-corrected chi connectivity index (χ2v) is 10.5. The molecule has 2 aromatic rings. The van der Waals surface area contributed by atoms with E-state index < -0.39 is 0 Å². The molecule has 0 spiro atoms. The number of benzene rings is 1. The number of hydrogen-bond donors (Lipinski definition) is 0. The highest BCUT2D eigenvalue weighted by atomic mass is 19.1. The van der Waals surface area contributed by atoms with Crippen molar-refractivity contribution in [1.29, 1.82) is 0 Å². The summed E-state index contributed by atoms with van der Waals surface area (Å²) in [5.41, 5.74) is 2.68. The molecule has 164 valence electrons. The van der Waals surface area contributed by atoms with Crippen molar-refractivity contribution < 1.29 is 9.18 Å². The van der Waals surface area contributed by atoms with Gasteiger partial charge in [0.2, 0.25) is 0 Å². The van der Waals surface area contributed by atoms with Crippen molar-refractivity contribution in [3.05, 3.63) is 47.5 Å². The van der Waals surface area contributed by atoms with Gasteiger partial charge in [0.15, 0.2) is 0 Å². The van der Waals surface area contributed by atoms with Gasteiger partial charge in [0.05, 0.1) is 11.4 Å². The van der Waals surface area contributed by atoms with Crippen LogP contribution in [0, 0.1) is 23.6 Å². The topological polar surface area (TPSA) is 41.4 Å². The van der Waals surface area contributed by atoms with E-state index in [1.165, 1.54) is 44.6 Å². The molecule has 0 radical (unpaired) electrons. The van der Waals surface area contributed by atoms with Crippen LogP contribution in [0.4, 0.5) is 10.1 Å². The van der Waals surface area contributed by atoms with Crippen LogP contribution in [0.25, 0.3) is 0 Å². The summed E-state index contributed by atoms with van der Waals surface area (Å²) in [4.78, 5) is 17.3. The summed E-state index contributed by atoms with van der Waals surface area (Å²) >= 11 is 0. The van der Waals surface area contributed by atoms with Gasteiger partial charge in [-0.05, 0) is 74.5 Å². The predicted octanol–water partition coefficient (Wildman–Crippen LogP) is 3.99. The molecule has 4 aliphatic carbocycles. The number of carbonyl (C=O) groups is 1. The number of aryl methyl sites for hydroxylation is 1. The van der Waals surface area contributed by atoms with Crippen molar-refractivity contribution in [2.45, 2.75) is 43.9 Å². The Balaban J connectivity index is 1.18. The summed E-state index contributed by atoms with van der Waals surface area (Å²) in [6.07, 6.45) is 7.99. The smallest absolute Gasteiger partial charge is 0.272 e. The van der Waals surface area contributed by atoms with Crippen molar-refractivity contribution in [1.82, 2.24) is 14.7 Å². The van der Waals surface area contributed by atoms with Crippen LogP contribution in [-0.4, -0.2) is 46.8 Å². The predicted molar refractivity (Wildman–Crippen MR) is 118 cm³/mol. The minimum absolute atomic E-state index is 0.0548. The molecule has 5 aliphatic rings. The van der Waals surface area contributed by atoms with Gasteiger partial charge in [0.1, 0.15) is 11.5 Å². The van der Waals surface area contributed by atoms with Gasteiger partial charge in [-0.25, -0.2) is 4.39 Å². The number of carbonyl (C=O) groups excluding carboxylic acids is 1. The third-order valence-electron chi connectivity index (χ3n) is 8.44. The third-order valence-corrected chi connectivity index (χ3v) is 8.44. The highest BCUT2D eigenvalue weighted by Crippen LogP contribution is 2.60. The fourth-order valence-electron chi connectivity index (χ4n) is 7.37. The van der Waals surface area contributed by atoms with E-state index in [2.05, 4.69) is 6.07 Å². The Morgan fingerprint density at radius 1 is 1.00 bits per heavy atom. The molecule has 2 heterocycles. The Kier molecular flexibility index (Phi) is 4.41. The first-order valence-electron chi connectivity index (χ1n) is 11.8. The van der Waals surface area contributed by atoms with E-state index in [1.54, 1.807) is 10.7 Å². The van der Waals surface area contributed by atoms with Crippen LogP contribution in [-0.2, 0) is 12.5 Å². The van der Waals surface area contributed by atoms with E-state index in [9.17, 15) is 9.18 Å². The van der Waals surface area contributed by atoms with Gasteiger partial charge in [-0.2, -0.15) is 5.10 Å². The molecule has 0 atom stereocenters. The number of hydrogen-bond acceptors (Lipinski definition) is 3. The molecule has 6 heteroatoms. The molecule has 0 unspecified atom stereocenters. The van der Waals surface area contributed by atoms with Crippen LogP contribution >= 0.6 is 0 Å². The third kappa shape index (κ3) is 3.17. The maximum absolute atomic E-state index is 14.1. The molecule has 1 aromatic carbocycles. The average molecular weight is 423 g/mol. The second-order valence-electron chi connectivity index (χ2n) is 10.5. The molecule has 1 aliphatic heterocycles. The highest BCUT2D eigenvalue weighted by Gasteiger charge is 2.53. The van der Waals surface area contributed by atoms with Crippen molar-refractivity contribution in [2.75, 3.05) is 31.1 Å². The van der Waals surface area contributed by atoms with Gasteiger partial charge in [0.25, 0.3) is 5.91 Å². The maximum atomic E-state index is 14.1. The maximum Gasteiger partial charge on any atom is 0.272 e. The van der Waals surface area contributed by atoms with E-state index in [1.807, 2.05) is 29.0 Å². The Morgan fingerprint density at radius 3 is 2.23 bits per heavy atom. The molecule has 4 bridgehead atoms. The molecule has 4 saturated carbocycles. The van der Waals surface area contributed by atoms with Gasteiger partial charge in [0, 0.05) is 38.6 Å². The van der Waals surface area contributed by atoms with E-state index in [0.29, 0.717) is 37.6 Å². The number of anilines is 1. The molecule has 5 fully saturated rings. The number of piperazine rings is 1. The molecule has 1 saturated heterocycles.